The largest absolute Gasteiger partial charge is 0.484 e. The number of amides is 1. The lowest BCUT2D eigenvalue weighted by Crippen LogP contribution is -2.31. The maximum Gasteiger partial charge on any atom is 0.258 e. The molecule has 1 amide bonds. The molecule has 0 saturated heterocycles. The average molecular weight is 399 g/mol. The fourth-order valence-electron chi connectivity index (χ4n) is 3.27. The molecule has 3 aromatic carbocycles. The number of rotatable bonds is 6. The van der Waals surface area contributed by atoms with Crippen LogP contribution in [0.2, 0.25) is 0 Å². The Labute approximate surface area is 173 Å². The van der Waals surface area contributed by atoms with Gasteiger partial charge in [-0.05, 0) is 30.2 Å². The maximum absolute atomic E-state index is 12.8. The standard InChI is InChI=1S/C25H21NO4/c1-17(18-8-4-2-5-9-18)26-24(27)16-29-20-12-13-21-23(14-20)30-15-22(25(21)28)19-10-6-3-7-11-19/h2-15,17H,16H2,1H3,(H,26,27)/t17-/m0/s1. The van der Waals surface area contributed by atoms with Crippen molar-refractivity contribution in [3.8, 4) is 16.9 Å². The van der Waals surface area contributed by atoms with Gasteiger partial charge >= 0.3 is 0 Å². The van der Waals surface area contributed by atoms with E-state index in [0.29, 0.717) is 22.3 Å². The summed E-state index contributed by atoms with van der Waals surface area (Å²) in [7, 11) is 0. The van der Waals surface area contributed by atoms with Crippen molar-refractivity contribution in [2.24, 2.45) is 0 Å². The molecule has 1 heterocycles. The number of hydrogen-bond acceptors (Lipinski definition) is 4. The first kappa shape index (κ1) is 19.5. The summed E-state index contributed by atoms with van der Waals surface area (Å²) in [4.78, 5) is 25.0. The molecule has 0 aliphatic heterocycles. The molecule has 0 unspecified atom stereocenters. The van der Waals surface area contributed by atoms with Crippen molar-refractivity contribution in [2.75, 3.05) is 6.61 Å². The summed E-state index contributed by atoms with van der Waals surface area (Å²) in [5.41, 5.74) is 2.63. The van der Waals surface area contributed by atoms with Gasteiger partial charge in [0, 0.05) is 6.07 Å². The third kappa shape index (κ3) is 4.25. The highest BCUT2D eigenvalue weighted by atomic mass is 16.5. The fourth-order valence-corrected chi connectivity index (χ4v) is 3.27. The van der Waals surface area contributed by atoms with Gasteiger partial charge in [-0.25, -0.2) is 0 Å². The van der Waals surface area contributed by atoms with Crippen molar-refractivity contribution in [3.05, 3.63) is 101 Å². The van der Waals surface area contributed by atoms with Crippen molar-refractivity contribution >= 4 is 16.9 Å². The van der Waals surface area contributed by atoms with E-state index in [1.165, 1.54) is 6.26 Å². The van der Waals surface area contributed by atoms with E-state index in [-0.39, 0.29) is 24.0 Å². The Balaban J connectivity index is 1.45. The molecule has 5 nitrogen and oxygen atoms in total. The minimum atomic E-state index is -0.229. The van der Waals surface area contributed by atoms with Gasteiger partial charge < -0.3 is 14.5 Å². The van der Waals surface area contributed by atoms with E-state index in [0.717, 1.165) is 11.1 Å². The van der Waals surface area contributed by atoms with Crippen LogP contribution in [-0.2, 0) is 4.79 Å². The van der Waals surface area contributed by atoms with Crippen LogP contribution in [0.3, 0.4) is 0 Å². The summed E-state index contributed by atoms with van der Waals surface area (Å²) in [5.74, 6) is 0.230. The van der Waals surface area contributed by atoms with E-state index >= 15 is 0 Å². The Hall–Kier alpha value is -3.86. The van der Waals surface area contributed by atoms with Crippen LogP contribution >= 0.6 is 0 Å². The van der Waals surface area contributed by atoms with Crippen molar-refractivity contribution in [3.63, 3.8) is 0 Å². The van der Waals surface area contributed by atoms with Crippen LogP contribution in [0, 0.1) is 0 Å². The van der Waals surface area contributed by atoms with Crippen LogP contribution in [0.4, 0.5) is 0 Å². The third-order valence-electron chi connectivity index (χ3n) is 4.88. The Kier molecular flexibility index (Phi) is 5.61. The third-order valence-corrected chi connectivity index (χ3v) is 4.88. The normalized spacial score (nSPS) is 11.8. The average Bonchev–Trinajstić information content (AvgIpc) is 2.79. The molecule has 0 saturated carbocycles. The van der Waals surface area contributed by atoms with E-state index < -0.39 is 0 Å². The Morgan fingerprint density at radius 2 is 1.70 bits per heavy atom. The minimum absolute atomic E-state index is 0.108. The van der Waals surface area contributed by atoms with Crippen LogP contribution in [0.15, 0.2) is 94.3 Å². The zero-order valence-electron chi connectivity index (χ0n) is 16.5. The molecule has 0 fully saturated rings. The quantitative estimate of drug-likeness (QED) is 0.510. The van der Waals surface area contributed by atoms with Crippen LogP contribution in [0.1, 0.15) is 18.5 Å². The first-order chi connectivity index (χ1) is 14.6. The van der Waals surface area contributed by atoms with Crippen molar-refractivity contribution in [1.29, 1.82) is 0 Å². The van der Waals surface area contributed by atoms with Gasteiger partial charge in [0.1, 0.15) is 17.6 Å². The first-order valence-corrected chi connectivity index (χ1v) is 9.70. The van der Waals surface area contributed by atoms with E-state index in [4.69, 9.17) is 9.15 Å². The summed E-state index contributed by atoms with van der Waals surface area (Å²) < 4.78 is 11.3. The van der Waals surface area contributed by atoms with Gasteiger partial charge in [0.25, 0.3) is 5.91 Å². The number of hydrogen-bond donors (Lipinski definition) is 1. The second-order valence-corrected chi connectivity index (χ2v) is 6.99. The van der Waals surface area contributed by atoms with Gasteiger partial charge in [-0.1, -0.05) is 60.7 Å². The van der Waals surface area contributed by atoms with Crippen molar-refractivity contribution < 1.29 is 13.9 Å². The molecule has 0 radical (unpaired) electrons. The summed E-state index contributed by atoms with van der Waals surface area (Å²) >= 11 is 0. The van der Waals surface area contributed by atoms with Crippen LogP contribution in [0.25, 0.3) is 22.1 Å². The molecule has 4 rings (SSSR count). The number of carbonyl (C=O) groups excluding carboxylic acids is 1. The van der Waals surface area contributed by atoms with Crippen LogP contribution < -0.4 is 15.5 Å². The molecule has 150 valence electrons. The highest BCUT2D eigenvalue weighted by molar-refractivity contribution is 5.83. The molecule has 0 aliphatic rings. The van der Waals surface area contributed by atoms with Gasteiger partial charge in [-0.3, -0.25) is 9.59 Å². The second kappa shape index (κ2) is 8.66. The Morgan fingerprint density at radius 1 is 1.00 bits per heavy atom. The molecule has 4 aromatic rings. The molecule has 1 N–H and O–H groups in total. The first-order valence-electron chi connectivity index (χ1n) is 9.70. The van der Waals surface area contributed by atoms with E-state index in [1.807, 2.05) is 67.6 Å². The number of benzene rings is 3. The molecule has 30 heavy (non-hydrogen) atoms. The van der Waals surface area contributed by atoms with Gasteiger partial charge in [-0.15, -0.1) is 0 Å². The van der Waals surface area contributed by atoms with E-state index in [2.05, 4.69) is 5.32 Å². The molecule has 1 aromatic heterocycles. The number of fused-ring (bicyclic) bond motifs is 1. The topological polar surface area (TPSA) is 68.5 Å². The monoisotopic (exact) mass is 399 g/mol. The van der Waals surface area contributed by atoms with Gasteiger partial charge in [0.05, 0.1) is 17.0 Å². The smallest absolute Gasteiger partial charge is 0.258 e. The number of ether oxygens (including phenoxy) is 1. The molecular weight excluding hydrogens is 378 g/mol. The lowest BCUT2D eigenvalue weighted by atomic mass is 10.1. The molecular formula is C25H21NO4. The SMILES string of the molecule is C[C@H](NC(=O)COc1ccc2c(=O)c(-c3ccccc3)coc2c1)c1ccccc1. The van der Waals surface area contributed by atoms with Gasteiger partial charge in [0.2, 0.25) is 0 Å². The molecule has 0 aliphatic carbocycles. The fraction of sp³-hybridized carbons (Fsp3) is 0.120. The molecule has 5 heteroatoms. The zero-order valence-corrected chi connectivity index (χ0v) is 16.5. The molecule has 1 atom stereocenters. The van der Waals surface area contributed by atoms with Crippen molar-refractivity contribution in [1.82, 2.24) is 5.32 Å². The summed E-state index contributed by atoms with van der Waals surface area (Å²) in [6.45, 7) is 1.79. The van der Waals surface area contributed by atoms with Crippen LogP contribution in [0.5, 0.6) is 5.75 Å². The maximum atomic E-state index is 12.8. The number of carbonyl (C=O) groups is 1. The second-order valence-electron chi connectivity index (χ2n) is 6.99. The van der Waals surface area contributed by atoms with E-state index in [1.54, 1.807) is 18.2 Å². The zero-order chi connectivity index (χ0) is 20.9. The van der Waals surface area contributed by atoms with Gasteiger partial charge in [-0.2, -0.15) is 0 Å². The molecule has 0 spiro atoms. The summed E-state index contributed by atoms with van der Waals surface area (Å²) in [6, 6.07) is 23.9. The number of nitrogens with one attached hydrogen (secondary N) is 1. The Bertz CT molecular complexity index is 1220. The predicted molar refractivity (Wildman–Crippen MR) is 116 cm³/mol. The lowest BCUT2D eigenvalue weighted by Gasteiger charge is -2.14. The van der Waals surface area contributed by atoms with E-state index in [9.17, 15) is 9.59 Å². The minimum Gasteiger partial charge on any atom is -0.484 e. The van der Waals surface area contributed by atoms with Crippen LogP contribution in [-0.4, -0.2) is 12.5 Å². The summed E-state index contributed by atoms with van der Waals surface area (Å²) in [6.07, 6.45) is 1.46. The predicted octanol–water partition coefficient (Wildman–Crippen LogP) is 4.72. The van der Waals surface area contributed by atoms with Gasteiger partial charge in [0.15, 0.2) is 12.0 Å². The molecule has 0 bridgehead atoms. The summed E-state index contributed by atoms with van der Waals surface area (Å²) in [5, 5.41) is 3.36. The highest BCUT2D eigenvalue weighted by Crippen LogP contribution is 2.23. The lowest BCUT2D eigenvalue weighted by molar-refractivity contribution is -0.123. The Morgan fingerprint density at radius 3 is 2.43 bits per heavy atom. The van der Waals surface area contributed by atoms with Crippen molar-refractivity contribution in [2.45, 2.75) is 13.0 Å². The highest BCUT2D eigenvalue weighted by Gasteiger charge is 2.12.